The number of hydrogen-bond acceptors (Lipinski definition) is 2. The van der Waals surface area contributed by atoms with E-state index in [1.165, 1.54) is 0 Å². The molecule has 0 aromatic heterocycles. The average Bonchev–Trinajstić information content (AvgIpc) is 1.61. The Kier molecular flexibility index (Phi) is 3.61. The van der Waals surface area contributed by atoms with Gasteiger partial charge in [-0.05, 0) is 13.1 Å². The summed E-state index contributed by atoms with van der Waals surface area (Å²) in [5.41, 5.74) is 0. The Morgan fingerprint density at radius 1 is 1.86 bits per heavy atom. The monoisotopic (exact) mass is 115 g/mol. The first kappa shape index (κ1) is 6.63. The van der Waals surface area contributed by atoms with Crippen molar-refractivity contribution in [3.8, 4) is 0 Å². The van der Waals surface area contributed by atoms with Gasteiger partial charge in [-0.2, -0.15) is 0 Å². The van der Waals surface area contributed by atoms with Gasteiger partial charge in [-0.3, -0.25) is 0 Å². The lowest BCUT2D eigenvalue weighted by Crippen LogP contribution is -1.94. The van der Waals surface area contributed by atoms with Crippen molar-refractivity contribution >= 4 is 12.6 Å². The molecule has 2 heteroatoms. The maximum Gasteiger partial charge on any atom is 0.0616 e. The normalized spacial score (nSPS) is 9.43. The molecule has 0 aliphatic carbocycles. The first-order chi connectivity index (χ1) is 3.27. The predicted octanol–water partition coefficient (Wildman–Crippen LogP) is 1.51. The Morgan fingerprint density at radius 2 is 2.43 bits per heavy atom. The van der Waals surface area contributed by atoms with Crippen LogP contribution < -0.4 is 5.32 Å². The second kappa shape index (κ2) is 3.81. The third kappa shape index (κ3) is 5.63. The fraction of sp³-hybridized carbons (Fsp3) is 0.200. The summed E-state index contributed by atoms with van der Waals surface area (Å²) >= 11 is 3.88. The topological polar surface area (TPSA) is 12.0 Å². The molecule has 0 saturated carbocycles. The van der Waals surface area contributed by atoms with E-state index in [2.05, 4.69) is 24.5 Å². The number of nitrogens with one attached hydrogen (secondary N) is 1. The highest BCUT2D eigenvalue weighted by Gasteiger charge is 1.69. The molecule has 0 heterocycles. The molecule has 1 nitrogen and oxygen atoms in total. The second-order valence-corrected chi connectivity index (χ2v) is 1.63. The number of rotatable bonds is 2. The molecule has 0 radical (unpaired) electrons. The second-order valence-electron chi connectivity index (χ2n) is 1.09. The molecule has 0 aromatic carbocycles. The fourth-order valence-corrected chi connectivity index (χ4v) is 0.254. The lowest BCUT2D eigenvalue weighted by Gasteiger charge is -1.90. The van der Waals surface area contributed by atoms with E-state index in [4.69, 9.17) is 0 Å². The minimum atomic E-state index is 0.665. The van der Waals surface area contributed by atoms with Crippen molar-refractivity contribution < 1.29 is 0 Å². The molecule has 0 aliphatic heterocycles. The molecule has 0 rings (SSSR count). The van der Waals surface area contributed by atoms with E-state index in [1.807, 2.05) is 13.0 Å². The highest BCUT2D eigenvalue weighted by atomic mass is 32.1. The lowest BCUT2D eigenvalue weighted by atomic mass is 10.7. The summed E-state index contributed by atoms with van der Waals surface area (Å²) < 4.78 is 0. The van der Waals surface area contributed by atoms with Crippen LogP contribution in [-0.2, 0) is 0 Å². The summed E-state index contributed by atoms with van der Waals surface area (Å²) in [5, 5.41) is 3.45. The molecule has 0 bridgehead atoms. The largest absolute Gasteiger partial charge is 0.358 e. The van der Waals surface area contributed by atoms with Crippen LogP contribution in [0.25, 0.3) is 0 Å². The SMILES string of the molecule is C=C(S)N/C=C\C. The maximum atomic E-state index is 3.88. The average molecular weight is 115 g/mol. The fourth-order valence-electron chi connectivity index (χ4n) is 0.180. The Bertz CT molecular complexity index is 86.1. The maximum absolute atomic E-state index is 3.88. The smallest absolute Gasteiger partial charge is 0.0616 e. The first-order valence-corrected chi connectivity index (χ1v) is 2.47. The van der Waals surface area contributed by atoms with Gasteiger partial charge in [0, 0.05) is 0 Å². The zero-order valence-electron chi connectivity index (χ0n) is 4.31. The molecule has 0 aromatic rings. The van der Waals surface area contributed by atoms with Gasteiger partial charge in [-0.15, -0.1) is 12.6 Å². The Hall–Kier alpha value is -0.370. The van der Waals surface area contributed by atoms with E-state index >= 15 is 0 Å². The van der Waals surface area contributed by atoms with Crippen LogP contribution in [0.4, 0.5) is 0 Å². The molecule has 1 N–H and O–H groups in total. The van der Waals surface area contributed by atoms with Gasteiger partial charge in [0.2, 0.25) is 0 Å². The quantitative estimate of drug-likeness (QED) is 0.520. The van der Waals surface area contributed by atoms with Crippen molar-refractivity contribution in [3.05, 3.63) is 23.9 Å². The van der Waals surface area contributed by atoms with Crippen molar-refractivity contribution in [2.45, 2.75) is 6.92 Å². The van der Waals surface area contributed by atoms with Gasteiger partial charge in [-0.25, -0.2) is 0 Å². The van der Waals surface area contributed by atoms with Crippen LogP contribution in [0, 0.1) is 0 Å². The number of hydrogen-bond donors (Lipinski definition) is 2. The van der Waals surface area contributed by atoms with Crippen LogP contribution in [0.2, 0.25) is 0 Å². The van der Waals surface area contributed by atoms with E-state index in [1.54, 1.807) is 6.20 Å². The minimum Gasteiger partial charge on any atom is -0.358 e. The van der Waals surface area contributed by atoms with Crippen molar-refractivity contribution in [3.63, 3.8) is 0 Å². The summed E-state index contributed by atoms with van der Waals surface area (Å²) in [6.45, 7) is 5.41. The van der Waals surface area contributed by atoms with Crippen LogP contribution in [0.15, 0.2) is 23.9 Å². The van der Waals surface area contributed by atoms with Crippen molar-refractivity contribution in [1.29, 1.82) is 0 Å². The van der Waals surface area contributed by atoms with E-state index in [9.17, 15) is 0 Å². The zero-order valence-corrected chi connectivity index (χ0v) is 5.20. The summed E-state index contributed by atoms with van der Waals surface area (Å²) in [6, 6.07) is 0. The van der Waals surface area contributed by atoms with Crippen LogP contribution in [0.1, 0.15) is 6.92 Å². The highest BCUT2D eigenvalue weighted by molar-refractivity contribution is 7.84. The summed E-state index contributed by atoms with van der Waals surface area (Å²) in [5.74, 6) is 0. The van der Waals surface area contributed by atoms with Gasteiger partial charge in [0.15, 0.2) is 0 Å². The van der Waals surface area contributed by atoms with Crippen LogP contribution >= 0.6 is 12.6 Å². The summed E-state index contributed by atoms with van der Waals surface area (Å²) in [6.07, 6.45) is 3.65. The minimum absolute atomic E-state index is 0.665. The van der Waals surface area contributed by atoms with Gasteiger partial charge < -0.3 is 5.32 Å². The standard InChI is InChI=1S/C5H9NS/c1-3-4-6-5(2)7/h3-4,6-7H,2H2,1H3/b4-3-. The molecular formula is C5H9NS. The summed E-state index contributed by atoms with van der Waals surface area (Å²) in [4.78, 5) is 0. The van der Waals surface area contributed by atoms with Gasteiger partial charge in [0.25, 0.3) is 0 Å². The molecule has 0 aliphatic rings. The Balaban J connectivity index is 3.14. The van der Waals surface area contributed by atoms with E-state index in [0.29, 0.717) is 5.03 Å². The van der Waals surface area contributed by atoms with Crippen LogP contribution in [0.5, 0.6) is 0 Å². The van der Waals surface area contributed by atoms with Crippen LogP contribution in [-0.4, -0.2) is 0 Å². The van der Waals surface area contributed by atoms with Crippen LogP contribution in [0.3, 0.4) is 0 Å². The van der Waals surface area contributed by atoms with Gasteiger partial charge in [-0.1, -0.05) is 12.7 Å². The zero-order chi connectivity index (χ0) is 5.70. The molecule has 7 heavy (non-hydrogen) atoms. The molecule has 0 atom stereocenters. The molecule has 0 spiro atoms. The third-order valence-corrected chi connectivity index (χ3v) is 0.546. The molecule has 0 amide bonds. The molecule has 0 saturated heterocycles. The lowest BCUT2D eigenvalue weighted by molar-refractivity contribution is 1.17. The highest BCUT2D eigenvalue weighted by Crippen LogP contribution is 1.85. The van der Waals surface area contributed by atoms with Crippen molar-refractivity contribution in [2.75, 3.05) is 0 Å². The third-order valence-electron chi connectivity index (χ3n) is 0.417. The predicted molar refractivity (Wildman–Crippen MR) is 36.1 cm³/mol. The number of thiol groups is 1. The molecule has 0 unspecified atom stereocenters. The van der Waals surface area contributed by atoms with E-state index < -0.39 is 0 Å². The summed E-state index contributed by atoms with van der Waals surface area (Å²) in [7, 11) is 0. The van der Waals surface area contributed by atoms with Crippen molar-refractivity contribution in [1.82, 2.24) is 5.32 Å². The van der Waals surface area contributed by atoms with Gasteiger partial charge >= 0.3 is 0 Å². The first-order valence-electron chi connectivity index (χ1n) is 2.03. The molecule has 40 valence electrons. The number of allylic oxidation sites excluding steroid dienone is 1. The van der Waals surface area contributed by atoms with Gasteiger partial charge in [0.05, 0.1) is 5.03 Å². The Labute approximate surface area is 49.5 Å². The Morgan fingerprint density at radius 3 is 2.57 bits per heavy atom. The van der Waals surface area contributed by atoms with E-state index in [0.717, 1.165) is 0 Å². The molecular weight excluding hydrogens is 106 g/mol. The molecule has 0 fully saturated rings. The van der Waals surface area contributed by atoms with Gasteiger partial charge in [0.1, 0.15) is 0 Å². The van der Waals surface area contributed by atoms with Crippen molar-refractivity contribution in [2.24, 2.45) is 0 Å². The van der Waals surface area contributed by atoms with E-state index in [-0.39, 0.29) is 0 Å².